The summed E-state index contributed by atoms with van der Waals surface area (Å²) >= 11 is 10.5. The molecule has 2 aromatic heterocycles. The summed E-state index contributed by atoms with van der Waals surface area (Å²) in [4.78, 5) is 17.1. The van der Waals surface area contributed by atoms with Gasteiger partial charge < -0.3 is 5.32 Å². The van der Waals surface area contributed by atoms with Crippen molar-refractivity contribution in [2.75, 3.05) is 4.72 Å². The zero-order valence-corrected chi connectivity index (χ0v) is 21.2. The molecule has 2 aromatic carbocycles. The Morgan fingerprint density at radius 3 is 2.70 bits per heavy atom. The third-order valence-corrected chi connectivity index (χ3v) is 7.64. The van der Waals surface area contributed by atoms with E-state index in [2.05, 4.69) is 35.3 Å². The van der Waals surface area contributed by atoms with Gasteiger partial charge in [-0.25, -0.2) is 4.98 Å². The van der Waals surface area contributed by atoms with E-state index in [0.717, 1.165) is 5.56 Å². The van der Waals surface area contributed by atoms with Gasteiger partial charge in [0.2, 0.25) is 0 Å². The summed E-state index contributed by atoms with van der Waals surface area (Å²) in [7, 11) is -4.07. The molecule has 0 bridgehead atoms. The van der Waals surface area contributed by atoms with Gasteiger partial charge in [0.25, 0.3) is 15.9 Å². The molecule has 0 aliphatic heterocycles. The van der Waals surface area contributed by atoms with Crippen LogP contribution in [0.15, 0.2) is 70.4 Å². The van der Waals surface area contributed by atoms with Crippen LogP contribution in [-0.4, -0.2) is 29.7 Å². The second-order valence-corrected chi connectivity index (χ2v) is 11.1. The van der Waals surface area contributed by atoms with Crippen molar-refractivity contribution in [3.05, 3.63) is 81.5 Å². The molecule has 0 saturated carbocycles. The lowest BCUT2D eigenvalue weighted by Crippen LogP contribution is -2.34. The van der Waals surface area contributed by atoms with Gasteiger partial charge in [-0.15, -0.1) is 0 Å². The Hall–Kier alpha value is -2.53. The van der Waals surface area contributed by atoms with Crippen molar-refractivity contribution in [2.45, 2.75) is 24.4 Å². The number of halogens is 2. The molecule has 7 nitrogen and oxygen atoms in total. The fraction of sp³-hybridized carbons (Fsp3) is 0.136. The average Bonchev–Trinajstić information content (AvgIpc) is 3.24. The zero-order valence-electron chi connectivity index (χ0n) is 17.2. The molecule has 1 atom stereocenters. The molecule has 0 aliphatic carbocycles. The number of carbonyl (C=O) groups is 1. The molecular weight excluding hydrogens is 548 g/mol. The molecule has 11 heteroatoms. The summed E-state index contributed by atoms with van der Waals surface area (Å²) in [6.45, 7) is 1.88. The Labute approximate surface area is 208 Å². The highest BCUT2D eigenvalue weighted by Gasteiger charge is 2.23. The number of fused-ring (bicyclic) bond motifs is 1. The molecule has 1 unspecified atom stereocenters. The summed E-state index contributed by atoms with van der Waals surface area (Å²) in [5.74, 6) is -0.398. The van der Waals surface area contributed by atoms with Gasteiger partial charge in [0.1, 0.15) is 0 Å². The summed E-state index contributed by atoms with van der Waals surface area (Å²) < 4.78 is 34.2. The summed E-state index contributed by atoms with van der Waals surface area (Å²) in [6.07, 6.45) is 3.48. The van der Waals surface area contributed by atoms with Crippen molar-refractivity contribution in [3.8, 4) is 0 Å². The zero-order chi connectivity index (χ0) is 23.6. The summed E-state index contributed by atoms with van der Waals surface area (Å²) in [6, 6.07) is 13.7. The number of benzene rings is 2. The number of aromatic nitrogens is 2. The number of carbonyl (C=O) groups excluding carboxylic acids is 1. The number of hydrogen-bond donors (Lipinski definition) is 2. The van der Waals surface area contributed by atoms with Crippen molar-refractivity contribution < 1.29 is 13.2 Å². The number of anilines is 1. The average molecular weight is 566 g/mol. The first-order chi connectivity index (χ1) is 15.7. The maximum absolute atomic E-state index is 13.1. The Kier molecular flexibility index (Phi) is 6.99. The first-order valence-electron chi connectivity index (χ1n) is 9.80. The van der Waals surface area contributed by atoms with Crippen LogP contribution in [0, 0.1) is 0 Å². The molecule has 33 heavy (non-hydrogen) atoms. The molecule has 2 heterocycles. The van der Waals surface area contributed by atoms with Crippen molar-refractivity contribution in [1.29, 1.82) is 0 Å². The predicted molar refractivity (Wildman–Crippen MR) is 134 cm³/mol. The minimum atomic E-state index is -4.07. The van der Waals surface area contributed by atoms with Crippen molar-refractivity contribution in [1.82, 2.24) is 14.7 Å². The normalized spacial score (nSPS) is 12.5. The van der Waals surface area contributed by atoms with Gasteiger partial charge in [0.05, 0.1) is 27.5 Å². The monoisotopic (exact) mass is 564 g/mol. The molecule has 0 saturated heterocycles. The van der Waals surface area contributed by atoms with E-state index >= 15 is 0 Å². The minimum Gasteiger partial charge on any atom is -0.349 e. The molecule has 2 N–H and O–H groups in total. The van der Waals surface area contributed by atoms with Crippen molar-refractivity contribution in [3.63, 3.8) is 0 Å². The molecule has 1 amide bonds. The van der Waals surface area contributed by atoms with Crippen LogP contribution in [0.5, 0.6) is 0 Å². The van der Waals surface area contributed by atoms with E-state index in [-0.39, 0.29) is 22.3 Å². The van der Waals surface area contributed by atoms with Crippen LogP contribution >= 0.6 is 39.1 Å². The van der Waals surface area contributed by atoms with E-state index in [1.54, 1.807) is 36.4 Å². The van der Waals surface area contributed by atoms with E-state index in [9.17, 15) is 13.2 Å². The van der Waals surface area contributed by atoms with E-state index < -0.39 is 15.9 Å². The molecular formula is C22H18BrClN4O3S2. The second kappa shape index (κ2) is 9.76. The van der Waals surface area contributed by atoms with E-state index in [0.29, 0.717) is 26.0 Å². The van der Waals surface area contributed by atoms with Gasteiger partial charge in [0.15, 0.2) is 5.03 Å². The number of rotatable bonds is 7. The van der Waals surface area contributed by atoms with Crippen LogP contribution < -0.4 is 10.0 Å². The number of amides is 1. The molecule has 0 fully saturated rings. The lowest BCUT2D eigenvalue weighted by atomic mass is 10.1. The van der Waals surface area contributed by atoms with Crippen molar-refractivity contribution >= 4 is 70.8 Å². The van der Waals surface area contributed by atoms with Crippen LogP contribution in [0.3, 0.4) is 0 Å². The first kappa shape index (κ1) is 23.6. The van der Waals surface area contributed by atoms with Crippen LogP contribution in [0.4, 0.5) is 5.69 Å². The lowest BCUT2D eigenvalue weighted by Gasteiger charge is -2.17. The fourth-order valence-corrected chi connectivity index (χ4v) is 5.70. The van der Waals surface area contributed by atoms with Gasteiger partial charge >= 0.3 is 0 Å². The smallest absolute Gasteiger partial charge is 0.280 e. The van der Waals surface area contributed by atoms with Gasteiger partial charge in [-0.1, -0.05) is 39.7 Å². The lowest BCUT2D eigenvalue weighted by molar-refractivity contribution is 0.0941. The van der Waals surface area contributed by atoms with E-state index in [4.69, 9.17) is 11.6 Å². The second-order valence-electron chi connectivity index (χ2n) is 7.35. The van der Waals surface area contributed by atoms with E-state index in [1.165, 1.54) is 23.9 Å². The quantitative estimate of drug-likeness (QED) is 0.318. The highest BCUT2D eigenvalue weighted by molar-refractivity contribution is 9.10. The molecule has 170 valence electrons. The Bertz CT molecular complexity index is 1430. The summed E-state index contributed by atoms with van der Waals surface area (Å²) in [5.41, 5.74) is 1.36. The molecule has 0 spiro atoms. The van der Waals surface area contributed by atoms with Crippen LogP contribution in [-0.2, 0) is 16.4 Å². The Morgan fingerprint density at radius 2 is 1.94 bits per heavy atom. The van der Waals surface area contributed by atoms with Crippen LogP contribution in [0.25, 0.3) is 10.1 Å². The molecule has 4 rings (SSSR count). The van der Waals surface area contributed by atoms with Crippen LogP contribution in [0.2, 0.25) is 5.02 Å². The standard InChI is InChI=1S/C22H18BrClN4O3S2/c1-13(10-14-2-5-16(24)6-3-14)27-21(29)17-7-4-15(23)11-19(17)28-33(30,31)22-18-12-26-32-20(18)8-9-25-22/h2-9,11-13,28H,10H2,1H3,(H,27,29). The van der Waals surface area contributed by atoms with E-state index in [1.807, 2.05) is 19.1 Å². The van der Waals surface area contributed by atoms with Gasteiger partial charge in [-0.3, -0.25) is 9.52 Å². The number of sulfonamides is 1. The maximum atomic E-state index is 13.1. The van der Waals surface area contributed by atoms with Gasteiger partial charge in [0, 0.05) is 21.7 Å². The fourth-order valence-electron chi connectivity index (χ4n) is 3.30. The number of pyridine rings is 1. The highest BCUT2D eigenvalue weighted by atomic mass is 79.9. The molecule has 4 aromatic rings. The largest absolute Gasteiger partial charge is 0.349 e. The summed E-state index contributed by atoms with van der Waals surface area (Å²) in [5, 5.41) is 3.85. The van der Waals surface area contributed by atoms with Gasteiger partial charge in [-0.2, -0.15) is 12.8 Å². The third-order valence-electron chi connectivity index (χ3n) is 4.80. The van der Waals surface area contributed by atoms with Crippen LogP contribution in [0.1, 0.15) is 22.8 Å². The van der Waals surface area contributed by atoms with Crippen molar-refractivity contribution in [2.24, 2.45) is 0 Å². The minimum absolute atomic E-state index is 0.141. The SMILES string of the molecule is CC(Cc1ccc(Cl)cc1)NC(=O)c1ccc(Br)cc1NS(=O)(=O)c1nccc2sncc12. The molecule has 0 radical (unpaired) electrons. The first-order valence-corrected chi connectivity index (χ1v) is 13.2. The number of nitrogens with one attached hydrogen (secondary N) is 2. The third kappa shape index (κ3) is 5.52. The Balaban J connectivity index is 1.57. The predicted octanol–water partition coefficient (Wildman–Crippen LogP) is 5.27. The maximum Gasteiger partial charge on any atom is 0.280 e. The topological polar surface area (TPSA) is 101 Å². The number of nitrogens with zero attached hydrogens (tertiary/aromatic N) is 2. The highest BCUT2D eigenvalue weighted by Crippen LogP contribution is 2.28. The molecule has 0 aliphatic rings. The Morgan fingerprint density at radius 1 is 1.18 bits per heavy atom. The van der Waals surface area contributed by atoms with Gasteiger partial charge in [-0.05, 0) is 66.8 Å². The number of hydrogen-bond acceptors (Lipinski definition) is 6.